The fourth-order valence-electron chi connectivity index (χ4n) is 9.33. The summed E-state index contributed by atoms with van der Waals surface area (Å²) in [7, 11) is 0. The van der Waals surface area contributed by atoms with Gasteiger partial charge in [0.25, 0.3) is 0 Å². The SMILES string of the molecule is C=C1C[C@H]2[C@@H]3CC[C@H]([C@H](C)[C@@H](O)[C@H](O)[C@@H](O)C(C)C)[C@@]3(C)CC[C@@H]2[C@@]2(C)C[C@@H](O)[C@@H](O)CC12. The Hall–Kier alpha value is -0.460. The highest BCUT2D eigenvalue weighted by molar-refractivity contribution is 5.21. The molecule has 0 saturated heterocycles. The van der Waals surface area contributed by atoms with Crippen molar-refractivity contribution in [2.75, 3.05) is 0 Å². The van der Waals surface area contributed by atoms with Crippen molar-refractivity contribution in [3.05, 3.63) is 12.2 Å². The zero-order valence-corrected chi connectivity index (χ0v) is 21.3. The molecule has 5 nitrogen and oxygen atoms in total. The molecule has 4 fully saturated rings. The summed E-state index contributed by atoms with van der Waals surface area (Å²) in [6, 6.07) is 0. The Morgan fingerprint density at radius 2 is 1.48 bits per heavy atom. The molecule has 5 N–H and O–H groups in total. The fourth-order valence-corrected chi connectivity index (χ4v) is 9.33. The van der Waals surface area contributed by atoms with E-state index in [4.69, 9.17) is 0 Å². The molecule has 0 aromatic carbocycles. The minimum absolute atomic E-state index is 0.0131. The lowest BCUT2D eigenvalue weighted by Gasteiger charge is -2.62. The molecule has 13 atom stereocenters. The van der Waals surface area contributed by atoms with Crippen molar-refractivity contribution >= 4 is 0 Å². The van der Waals surface area contributed by atoms with Crippen molar-refractivity contribution in [1.82, 2.24) is 0 Å². The molecule has 1 unspecified atom stereocenters. The Morgan fingerprint density at radius 1 is 0.848 bits per heavy atom. The molecule has 0 spiro atoms. The van der Waals surface area contributed by atoms with Crippen LogP contribution in [-0.4, -0.2) is 56.1 Å². The Labute approximate surface area is 200 Å². The first-order chi connectivity index (χ1) is 15.3. The van der Waals surface area contributed by atoms with Crippen LogP contribution in [0.3, 0.4) is 0 Å². The molecule has 0 amide bonds. The zero-order valence-electron chi connectivity index (χ0n) is 21.3. The lowest BCUT2D eigenvalue weighted by molar-refractivity contribution is -0.149. The smallest absolute Gasteiger partial charge is 0.106 e. The molecule has 0 aliphatic heterocycles. The quantitative estimate of drug-likeness (QED) is 0.401. The first-order valence-corrected chi connectivity index (χ1v) is 13.4. The van der Waals surface area contributed by atoms with Gasteiger partial charge in [-0.3, -0.25) is 0 Å². The average Bonchev–Trinajstić information content (AvgIpc) is 3.10. The Balaban J connectivity index is 1.56. The molecule has 5 heteroatoms. The van der Waals surface area contributed by atoms with Gasteiger partial charge in [-0.2, -0.15) is 0 Å². The second-order valence-corrected chi connectivity index (χ2v) is 13.2. The third kappa shape index (κ3) is 3.94. The maximum atomic E-state index is 11.0. The monoisotopic (exact) mass is 464 g/mol. The Bertz CT molecular complexity index is 738. The second kappa shape index (κ2) is 8.89. The third-order valence-electron chi connectivity index (χ3n) is 11.3. The van der Waals surface area contributed by atoms with Crippen LogP contribution in [0.2, 0.25) is 0 Å². The molecule has 0 bridgehead atoms. The van der Waals surface area contributed by atoms with Gasteiger partial charge in [-0.25, -0.2) is 0 Å². The largest absolute Gasteiger partial charge is 0.390 e. The number of aliphatic hydroxyl groups excluding tert-OH is 5. The van der Waals surface area contributed by atoms with Gasteiger partial charge >= 0.3 is 0 Å². The molecule has 33 heavy (non-hydrogen) atoms. The maximum absolute atomic E-state index is 11.0. The van der Waals surface area contributed by atoms with Crippen molar-refractivity contribution in [3.8, 4) is 0 Å². The highest BCUT2D eigenvalue weighted by Crippen LogP contribution is 2.69. The van der Waals surface area contributed by atoms with Crippen LogP contribution in [-0.2, 0) is 0 Å². The summed E-state index contributed by atoms with van der Waals surface area (Å²) in [6.07, 6.45) is 2.40. The first kappa shape index (κ1) is 25.6. The van der Waals surface area contributed by atoms with Gasteiger partial charge in [-0.15, -0.1) is 0 Å². The summed E-state index contributed by atoms with van der Waals surface area (Å²) < 4.78 is 0. The molecule has 4 aliphatic rings. The fraction of sp³-hybridized carbons (Fsp3) is 0.929. The van der Waals surface area contributed by atoms with E-state index < -0.39 is 30.5 Å². The highest BCUT2D eigenvalue weighted by Gasteiger charge is 2.62. The summed E-state index contributed by atoms with van der Waals surface area (Å²) in [5.41, 5.74) is 1.34. The van der Waals surface area contributed by atoms with E-state index in [0.717, 1.165) is 32.1 Å². The van der Waals surface area contributed by atoms with Gasteiger partial charge in [0, 0.05) is 0 Å². The van der Waals surface area contributed by atoms with Gasteiger partial charge in [-0.05, 0) is 97.2 Å². The topological polar surface area (TPSA) is 101 Å². The van der Waals surface area contributed by atoms with E-state index in [2.05, 4.69) is 27.4 Å². The van der Waals surface area contributed by atoms with Crippen molar-refractivity contribution < 1.29 is 25.5 Å². The summed E-state index contributed by atoms with van der Waals surface area (Å²) in [5, 5.41) is 52.9. The molecule has 0 heterocycles. The molecule has 0 radical (unpaired) electrons. The lowest BCUT2D eigenvalue weighted by Crippen LogP contribution is -2.57. The number of rotatable bonds is 5. The lowest BCUT2D eigenvalue weighted by atomic mass is 9.43. The standard InChI is InChI=1S/C28H48O5/c1-14(2)24(31)26(33)25(32)16(4)18-7-8-19-17-11-15(3)21-12-22(29)23(30)13-28(21,6)20(17)9-10-27(18,19)5/h14,16-26,29-33H,3,7-13H2,1-2,4-6H3/t16-,17-,18+,19-,20-,21?,22-,23+,24-,25+,26+,27+,28+/m0/s1. The molecule has 4 saturated carbocycles. The molecule has 0 aromatic rings. The van der Waals surface area contributed by atoms with Gasteiger partial charge in [0.05, 0.1) is 24.4 Å². The average molecular weight is 465 g/mol. The predicted molar refractivity (Wildman–Crippen MR) is 129 cm³/mol. The van der Waals surface area contributed by atoms with Crippen LogP contribution in [0.1, 0.15) is 79.6 Å². The van der Waals surface area contributed by atoms with Crippen LogP contribution < -0.4 is 0 Å². The van der Waals surface area contributed by atoms with E-state index in [-0.39, 0.29) is 28.6 Å². The van der Waals surface area contributed by atoms with E-state index in [1.165, 1.54) is 5.57 Å². The van der Waals surface area contributed by atoms with Crippen LogP contribution in [0.5, 0.6) is 0 Å². The van der Waals surface area contributed by atoms with Gasteiger partial charge in [-0.1, -0.05) is 46.8 Å². The Morgan fingerprint density at radius 3 is 2.12 bits per heavy atom. The van der Waals surface area contributed by atoms with Crippen LogP contribution in [0.4, 0.5) is 0 Å². The van der Waals surface area contributed by atoms with Crippen molar-refractivity contribution in [3.63, 3.8) is 0 Å². The van der Waals surface area contributed by atoms with Gasteiger partial charge < -0.3 is 25.5 Å². The number of hydrogen-bond acceptors (Lipinski definition) is 5. The molecular weight excluding hydrogens is 416 g/mol. The van der Waals surface area contributed by atoms with E-state index >= 15 is 0 Å². The van der Waals surface area contributed by atoms with Crippen LogP contribution in [0, 0.1) is 52.3 Å². The number of allylic oxidation sites excluding steroid dienone is 1. The van der Waals surface area contributed by atoms with E-state index in [9.17, 15) is 25.5 Å². The number of aliphatic hydroxyl groups is 5. The summed E-state index contributed by atoms with van der Waals surface area (Å²) in [4.78, 5) is 0. The summed E-state index contributed by atoms with van der Waals surface area (Å²) in [6.45, 7) is 15.0. The minimum Gasteiger partial charge on any atom is -0.390 e. The summed E-state index contributed by atoms with van der Waals surface area (Å²) >= 11 is 0. The first-order valence-electron chi connectivity index (χ1n) is 13.4. The van der Waals surface area contributed by atoms with E-state index in [0.29, 0.717) is 36.5 Å². The van der Waals surface area contributed by atoms with Gasteiger partial charge in [0.1, 0.15) is 6.10 Å². The molecule has 4 aliphatic carbocycles. The van der Waals surface area contributed by atoms with E-state index in [1.807, 2.05) is 13.8 Å². The van der Waals surface area contributed by atoms with Gasteiger partial charge in [0.15, 0.2) is 0 Å². The molecule has 0 aromatic heterocycles. The second-order valence-electron chi connectivity index (χ2n) is 13.2. The van der Waals surface area contributed by atoms with Crippen LogP contribution >= 0.6 is 0 Å². The third-order valence-corrected chi connectivity index (χ3v) is 11.3. The minimum atomic E-state index is -1.12. The van der Waals surface area contributed by atoms with Crippen molar-refractivity contribution in [2.24, 2.45) is 52.3 Å². The van der Waals surface area contributed by atoms with Crippen LogP contribution in [0.15, 0.2) is 12.2 Å². The van der Waals surface area contributed by atoms with Crippen molar-refractivity contribution in [2.45, 2.75) is 110 Å². The predicted octanol–water partition coefficient (Wildman–Crippen LogP) is 3.52. The molecular formula is C28H48O5. The zero-order chi connectivity index (χ0) is 24.5. The molecule has 4 rings (SSSR count). The van der Waals surface area contributed by atoms with Crippen LogP contribution in [0.25, 0.3) is 0 Å². The van der Waals surface area contributed by atoms with E-state index in [1.54, 1.807) is 0 Å². The molecule has 190 valence electrons. The maximum Gasteiger partial charge on any atom is 0.106 e. The number of hydrogen-bond donors (Lipinski definition) is 5. The van der Waals surface area contributed by atoms with Crippen molar-refractivity contribution in [1.29, 1.82) is 0 Å². The highest BCUT2D eigenvalue weighted by atomic mass is 16.4. The van der Waals surface area contributed by atoms with Gasteiger partial charge in [0.2, 0.25) is 0 Å². The number of fused-ring (bicyclic) bond motifs is 5. The summed E-state index contributed by atoms with van der Waals surface area (Å²) in [5.74, 6) is 2.01. The normalized spacial score (nSPS) is 49.1. The Kier molecular flexibility index (Phi) is 6.90.